The van der Waals surface area contributed by atoms with E-state index in [9.17, 15) is 14.4 Å². The molecule has 0 radical (unpaired) electrons. The smallest absolute Gasteiger partial charge is 0.325 e. The number of rotatable bonds is 73. The molecule has 1 aliphatic carbocycles. The number of unbranched alkanes of at least 4 members (excludes halogenated alkanes) is 40. The Balaban J connectivity index is 1.22. The van der Waals surface area contributed by atoms with Gasteiger partial charge in [0.25, 0.3) is 0 Å². The van der Waals surface area contributed by atoms with Crippen LogP contribution < -0.4 is 0 Å². The highest BCUT2D eigenvalue weighted by Crippen LogP contribution is 2.40. The highest BCUT2D eigenvalue weighted by Gasteiger charge is 2.56. The van der Waals surface area contributed by atoms with E-state index in [-0.39, 0.29) is 17.5 Å². The van der Waals surface area contributed by atoms with Gasteiger partial charge in [0.05, 0.1) is 45.7 Å². The molecule has 8 atom stereocenters. The highest BCUT2D eigenvalue weighted by molar-refractivity contribution is 7.95. The predicted octanol–water partition coefficient (Wildman–Crippen LogP) is 27.4. The third-order valence-electron chi connectivity index (χ3n) is 21.9. The Morgan fingerprint density at radius 1 is 0.336 bits per heavy atom. The quantitative estimate of drug-likeness (QED) is 0.0166. The zero-order chi connectivity index (χ0) is 77.4. The van der Waals surface area contributed by atoms with E-state index in [1.807, 2.05) is 18.2 Å². The molecule has 6 rings (SSSR count). The second-order valence-electron chi connectivity index (χ2n) is 31.8. The molecule has 13 heteroatoms. The summed E-state index contributed by atoms with van der Waals surface area (Å²) < 4.78 is 69.6. The summed E-state index contributed by atoms with van der Waals surface area (Å²) in [6, 6.07) is 52.0. The first-order valence-corrected chi connectivity index (χ1v) is 47.4. The minimum Gasteiger partial charge on any atom is -0.379 e. The van der Waals surface area contributed by atoms with E-state index in [0.29, 0.717) is 46.1 Å². The second-order valence-corrected chi connectivity index (χ2v) is 34.6. The number of hydrogen-bond acceptors (Lipinski definition) is 10. The fraction of sp³-hybridized carbons (Fsp3) is 0.670. The third kappa shape index (κ3) is 47.1. The van der Waals surface area contributed by atoms with Crippen LogP contribution in [0.15, 0.2) is 164 Å². The molecule has 0 saturated heterocycles. The van der Waals surface area contributed by atoms with Gasteiger partial charge in [0.15, 0.2) is 0 Å². The van der Waals surface area contributed by atoms with Crippen LogP contribution in [-0.4, -0.2) is 83.7 Å². The molecule has 618 valence electrons. The van der Waals surface area contributed by atoms with E-state index < -0.39 is 44.2 Å². The maximum Gasteiger partial charge on any atom is 0.325 e. The summed E-state index contributed by atoms with van der Waals surface area (Å²) in [6.07, 6.45) is 57.8. The van der Waals surface area contributed by atoms with Crippen molar-refractivity contribution in [2.45, 2.75) is 390 Å². The van der Waals surface area contributed by atoms with Gasteiger partial charge >= 0.3 is 7.60 Å². The molecule has 0 bridgehead atoms. The fourth-order valence-electron chi connectivity index (χ4n) is 15.2. The van der Waals surface area contributed by atoms with Gasteiger partial charge in [-0.05, 0) is 97.6 Å². The Kier molecular flexibility index (Phi) is 56.2. The minimum atomic E-state index is -3.90. The molecule has 2 N–H and O–H groups in total. The van der Waals surface area contributed by atoms with Crippen molar-refractivity contribution in [1.29, 1.82) is 0 Å². The van der Waals surface area contributed by atoms with Gasteiger partial charge in [-0.25, -0.2) is 0 Å². The molecular formula is C97H153O11PS. The zero-order valence-corrected chi connectivity index (χ0v) is 70.7. The van der Waals surface area contributed by atoms with Crippen molar-refractivity contribution in [1.82, 2.24) is 0 Å². The standard InChI is InChI=1S/C97H153O11PS/c1-3-5-7-9-11-13-15-17-19-22-26-30-34-38-42-61-75-101-84-90(102-76-62-43-39-35-31-27-23-20-18-16-14-12-10-8-6-4-2)78-91(74-60-41-37-33-29-25-21-24-28-32-36-40-44-63-77-109(98,99)100)110-108-97-95(106-82-88-70-56-48-57-71-88)93(104-80-86-66-52-46-53-67-86)92(103-79-85-64-50-45-51-65-85)94(105-81-87-68-54-47-55-69-87)96(97)107-83-89-72-58-49-59-73-89/h21,25,45-59,64-73,90-97H,3-20,22-24,26-44,60-63,74-84H2,1-2H3,(H2,98,99,100)/b25-21-/t90?,91?,92-,93-,94+,95-,96-,97-/m0/s1. The lowest BCUT2D eigenvalue weighted by atomic mass is 9.83. The second kappa shape index (κ2) is 65.2. The Hall–Kier alpha value is -3.98. The van der Waals surface area contributed by atoms with Crippen LogP contribution in [0.1, 0.15) is 337 Å². The van der Waals surface area contributed by atoms with Crippen LogP contribution in [0.3, 0.4) is 0 Å². The van der Waals surface area contributed by atoms with E-state index >= 15 is 0 Å². The summed E-state index contributed by atoms with van der Waals surface area (Å²) in [5.41, 5.74) is 5.24. The normalized spacial score (nSPS) is 17.3. The molecule has 11 nitrogen and oxygen atoms in total. The zero-order valence-electron chi connectivity index (χ0n) is 69.0. The first-order chi connectivity index (χ1) is 54.3. The van der Waals surface area contributed by atoms with Gasteiger partial charge in [-0.2, -0.15) is 0 Å². The van der Waals surface area contributed by atoms with Gasteiger partial charge in [0, 0.05) is 24.6 Å². The van der Waals surface area contributed by atoms with Gasteiger partial charge in [-0.3, -0.25) is 4.57 Å². The summed E-state index contributed by atoms with van der Waals surface area (Å²) >= 11 is 1.58. The maximum absolute atomic E-state index is 11.3. The lowest BCUT2D eigenvalue weighted by Crippen LogP contribution is -2.67. The molecule has 110 heavy (non-hydrogen) atoms. The van der Waals surface area contributed by atoms with Crippen molar-refractivity contribution < 1.29 is 51.7 Å². The van der Waals surface area contributed by atoms with Crippen LogP contribution in [0.2, 0.25) is 0 Å². The monoisotopic (exact) mass is 1560 g/mol. The number of hydrogen-bond donors (Lipinski definition) is 2. The number of ether oxygens (including phenoxy) is 7. The van der Waals surface area contributed by atoms with Gasteiger partial charge in [0.2, 0.25) is 0 Å². The Labute approximate surface area is 675 Å². The van der Waals surface area contributed by atoms with Crippen molar-refractivity contribution in [3.05, 3.63) is 192 Å². The molecule has 0 spiro atoms. The SMILES string of the molecule is CCCCCCCCCCCCCCCCCCOCC(CC(CCCCCC/C=C\CCCCCCCCP(=O)(O)O)SO[C@@H]1[C@@H](OCc2ccccc2)[C@H](OCc2ccccc2)[C@@H](OCc2ccccc2)[C@H](OCc2ccccc2)[C@@H]1OCc1ccccc1)OCCCCCCCCCCCCCCCCCC. The molecule has 2 unspecified atom stereocenters. The molecule has 1 saturated carbocycles. The largest absolute Gasteiger partial charge is 0.379 e. The average Bonchev–Trinajstić information content (AvgIpc) is 0.763. The molecule has 0 aliphatic heterocycles. The predicted molar refractivity (Wildman–Crippen MR) is 462 cm³/mol. The molecule has 0 amide bonds. The molecule has 0 heterocycles. The maximum atomic E-state index is 11.3. The molecule has 1 fully saturated rings. The van der Waals surface area contributed by atoms with E-state index in [1.165, 1.54) is 193 Å². The summed E-state index contributed by atoms with van der Waals surface area (Å²) in [7, 11) is -3.90. The fourth-order valence-corrected chi connectivity index (χ4v) is 16.9. The lowest BCUT2D eigenvalue weighted by molar-refractivity contribution is -0.277. The average molecular weight is 1560 g/mol. The van der Waals surface area contributed by atoms with Gasteiger partial charge in [-0.15, -0.1) is 0 Å². The Morgan fingerprint density at radius 2 is 0.609 bits per heavy atom. The van der Waals surface area contributed by atoms with Crippen LogP contribution in [0.25, 0.3) is 0 Å². The molecule has 5 aromatic carbocycles. The van der Waals surface area contributed by atoms with E-state index in [4.69, 9.17) is 37.3 Å². The Bertz CT molecular complexity index is 2800. The van der Waals surface area contributed by atoms with Crippen LogP contribution in [0, 0.1) is 0 Å². The Morgan fingerprint density at radius 3 is 0.927 bits per heavy atom. The van der Waals surface area contributed by atoms with Crippen LogP contribution in [0.4, 0.5) is 0 Å². The molecular weight excluding hydrogens is 1400 g/mol. The van der Waals surface area contributed by atoms with Gasteiger partial charge in [-0.1, -0.05) is 415 Å². The lowest BCUT2D eigenvalue weighted by Gasteiger charge is -2.49. The van der Waals surface area contributed by atoms with Crippen LogP contribution >= 0.6 is 19.6 Å². The minimum absolute atomic E-state index is 0.000644. The van der Waals surface area contributed by atoms with Crippen molar-refractivity contribution in [2.75, 3.05) is 26.0 Å². The van der Waals surface area contributed by atoms with Crippen molar-refractivity contribution >= 4 is 19.6 Å². The summed E-state index contributed by atoms with van der Waals surface area (Å²) in [5.74, 6) is 0. The summed E-state index contributed by atoms with van der Waals surface area (Å²) in [6.45, 7) is 8.25. The number of allylic oxidation sites excluding steroid dienone is 2. The molecule has 1 aliphatic rings. The van der Waals surface area contributed by atoms with Crippen molar-refractivity contribution in [3.8, 4) is 0 Å². The van der Waals surface area contributed by atoms with Crippen LogP contribution in [0.5, 0.6) is 0 Å². The molecule has 0 aromatic heterocycles. The van der Waals surface area contributed by atoms with Crippen LogP contribution in [-0.2, 0) is 74.9 Å². The summed E-state index contributed by atoms with van der Waals surface area (Å²) in [4.78, 5) is 18.4. The van der Waals surface area contributed by atoms with Gasteiger partial charge in [0.1, 0.15) is 36.6 Å². The first-order valence-electron chi connectivity index (χ1n) is 44.8. The summed E-state index contributed by atoms with van der Waals surface area (Å²) in [5, 5.41) is 0.0555. The third-order valence-corrected chi connectivity index (χ3v) is 23.8. The topological polar surface area (TPSA) is 131 Å². The molecule has 5 aromatic rings. The van der Waals surface area contributed by atoms with Gasteiger partial charge < -0.3 is 47.1 Å². The van der Waals surface area contributed by atoms with Crippen molar-refractivity contribution in [3.63, 3.8) is 0 Å². The van der Waals surface area contributed by atoms with E-state index in [2.05, 4.69) is 159 Å². The number of benzene rings is 5. The van der Waals surface area contributed by atoms with E-state index in [1.54, 1.807) is 12.0 Å². The van der Waals surface area contributed by atoms with Crippen molar-refractivity contribution in [2.24, 2.45) is 0 Å². The highest BCUT2D eigenvalue weighted by atomic mass is 32.2. The first kappa shape index (κ1) is 94.9. The van der Waals surface area contributed by atoms with E-state index in [0.717, 1.165) is 137 Å².